The Bertz CT molecular complexity index is 1200. The Morgan fingerprint density at radius 2 is 2.17 bits per heavy atom. The minimum absolute atomic E-state index is 0.0855. The second-order valence-electron chi connectivity index (χ2n) is 7.05. The van der Waals surface area contributed by atoms with E-state index in [0.717, 1.165) is 0 Å². The molecule has 0 saturated carbocycles. The second-order valence-corrected chi connectivity index (χ2v) is 7.05. The summed E-state index contributed by atoms with van der Waals surface area (Å²) in [4.78, 5) is 17.5. The van der Waals surface area contributed by atoms with Gasteiger partial charge in [0.2, 0.25) is 5.89 Å². The van der Waals surface area contributed by atoms with Crippen LogP contribution in [0.4, 0.5) is 15.8 Å². The van der Waals surface area contributed by atoms with Gasteiger partial charge >= 0.3 is 0 Å². The molecule has 0 bridgehead atoms. The highest BCUT2D eigenvalue weighted by atomic mass is 19.1. The van der Waals surface area contributed by atoms with E-state index >= 15 is 0 Å². The van der Waals surface area contributed by atoms with Gasteiger partial charge < -0.3 is 24.2 Å². The number of nitrogens with one attached hydrogen (secondary N) is 1. The number of amides is 1. The molecule has 1 amide bonds. The van der Waals surface area contributed by atoms with Crippen LogP contribution in [0.5, 0.6) is 11.5 Å². The zero-order chi connectivity index (χ0) is 22.5. The zero-order valence-corrected chi connectivity index (χ0v) is 16.0. The van der Waals surface area contributed by atoms with Crippen molar-refractivity contribution in [3.63, 3.8) is 0 Å². The molecule has 0 aliphatic carbocycles. The van der Waals surface area contributed by atoms with Gasteiger partial charge in [-0.05, 0) is 36.8 Å². The molecule has 2 aliphatic heterocycles. The number of ether oxygens (including phenoxy) is 2. The van der Waals surface area contributed by atoms with Gasteiger partial charge in [-0.1, -0.05) is 11.2 Å². The lowest BCUT2D eigenvalue weighted by Crippen LogP contribution is -2.44. The molecule has 5 rings (SSSR count). The van der Waals surface area contributed by atoms with Gasteiger partial charge in [0.1, 0.15) is 23.9 Å². The maximum Gasteiger partial charge on any atom is 0.262 e. The Balaban J connectivity index is 1.57. The van der Waals surface area contributed by atoms with Crippen molar-refractivity contribution in [2.24, 2.45) is 0 Å². The van der Waals surface area contributed by atoms with Crippen LogP contribution in [-0.2, 0) is 17.7 Å². The van der Waals surface area contributed by atoms with Crippen LogP contribution < -0.4 is 19.7 Å². The Hall–Kier alpha value is -3.62. The number of benzene rings is 2. The Morgan fingerprint density at radius 3 is 3.00 bits per heavy atom. The Labute approximate surface area is 174 Å². The van der Waals surface area contributed by atoms with Gasteiger partial charge in [0.05, 0.1) is 26.6 Å². The van der Waals surface area contributed by atoms with E-state index in [9.17, 15) is 9.18 Å². The number of carbonyl (C=O) groups excluding carboxylic acids is 1. The van der Waals surface area contributed by atoms with Gasteiger partial charge in [0.15, 0.2) is 12.4 Å². The first kappa shape index (κ1) is 16.2. The summed E-state index contributed by atoms with van der Waals surface area (Å²) in [5.74, 6) is 0.719. The highest BCUT2D eigenvalue weighted by Crippen LogP contribution is 2.37. The van der Waals surface area contributed by atoms with Gasteiger partial charge in [0, 0.05) is 12.6 Å². The van der Waals surface area contributed by atoms with Crippen LogP contribution in [0.1, 0.15) is 20.0 Å². The highest BCUT2D eigenvalue weighted by molar-refractivity contribution is 5.95. The van der Waals surface area contributed by atoms with E-state index < -0.39 is 18.4 Å². The SMILES string of the molecule is [2H]C([2H])(c1ccc2c(c1)NC(=O)CO2)N1c2ccc(F)cc2OC[C@@H]1Cc1nc(C)no1. The van der Waals surface area contributed by atoms with Crippen molar-refractivity contribution in [1.29, 1.82) is 0 Å². The molecule has 1 atom stereocenters. The summed E-state index contributed by atoms with van der Waals surface area (Å²) in [7, 11) is 0. The van der Waals surface area contributed by atoms with Crippen LogP contribution in [0.3, 0.4) is 0 Å². The molecule has 0 saturated heterocycles. The van der Waals surface area contributed by atoms with Crippen LogP contribution in [0.15, 0.2) is 40.9 Å². The van der Waals surface area contributed by atoms with E-state index in [1.807, 2.05) is 0 Å². The van der Waals surface area contributed by atoms with Crippen molar-refractivity contribution in [2.45, 2.75) is 25.9 Å². The molecule has 9 heteroatoms. The first-order valence-electron chi connectivity index (χ1n) is 10.4. The Morgan fingerprint density at radius 1 is 1.27 bits per heavy atom. The first-order chi connectivity index (χ1) is 15.3. The number of anilines is 2. The van der Waals surface area contributed by atoms with Crippen molar-refractivity contribution in [1.82, 2.24) is 10.1 Å². The summed E-state index contributed by atoms with van der Waals surface area (Å²) in [6.45, 7) is -0.369. The molecule has 1 aromatic heterocycles. The minimum Gasteiger partial charge on any atom is -0.489 e. The maximum absolute atomic E-state index is 13.8. The lowest BCUT2D eigenvalue weighted by Gasteiger charge is -2.38. The third-order valence-electron chi connectivity index (χ3n) is 4.82. The van der Waals surface area contributed by atoms with Crippen molar-refractivity contribution < 1.29 is 25.9 Å². The second kappa shape index (κ2) is 7.33. The van der Waals surface area contributed by atoms with E-state index in [-0.39, 0.29) is 36.9 Å². The third-order valence-corrected chi connectivity index (χ3v) is 4.82. The van der Waals surface area contributed by atoms with Crippen LogP contribution >= 0.6 is 0 Å². The standard InChI is InChI=1S/C21H19FN4O4/c1-12-23-21(30-25-12)8-15-10-28-19-7-14(22)3-4-17(19)26(15)9-13-2-5-18-16(6-13)24-20(27)11-29-18/h2-7,15H,8-11H2,1H3,(H,24,27)/t15-/m0/s1/i9D2. The molecule has 2 aromatic carbocycles. The normalized spacial score (nSPS) is 18.9. The molecule has 1 N–H and O–H groups in total. The predicted molar refractivity (Wildman–Crippen MR) is 105 cm³/mol. The monoisotopic (exact) mass is 412 g/mol. The topological polar surface area (TPSA) is 89.7 Å². The van der Waals surface area contributed by atoms with E-state index in [4.69, 9.17) is 16.7 Å². The minimum atomic E-state index is -2.06. The average Bonchev–Trinajstić information content (AvgIpc) is 3.17. The fourth-order valence-electron chi connectivity index (χ4n) is 3.48. The highest BCUT2D eigenvalue weighted by Gasteiger charge is 2.30. The van der Waals surface area contributed by atoms with Crippen molar-refractivity contribution in [3.8, 4) is 11.5 Å². The smallest absolute Gasteiger partial charge is 0.262 e. The molecule has 8 nitrogen and oxygen atoms in total. The molecule has 154 valence electrons. The number of nitrogens with zero attached hydrogens (tertiary/aromatic N) is 3. The number of hydrogen-bond acceptors (Lipinski definition) is 7. The van der Waals surface area contributed by atoms with E-state index in [2.05, 4.69) is 15.5 Å². The predicted octanol–water partition coefficient (Wildman–Crippen LogP) is 2.86. The molecule has 0 fully saturated rings. The van der Waals surface area contributed by atoms with Gasteiger partial charge in [-0.15, -0.1) is 0 Å². The quantitative estimate of drug-likeness (QED) is 0.705. The van der Waals surface area contributed by atoms with Gasteiger partial charge in [-0.3, -0.25) is 4.79 Å². The van der Waals surface area contributed by atoms with Gasteiger partial charge in [-0.25, -0.2) is 4.39 Å². The number of aromatic nitrogens is 2. The fraction of sp³-hybridized carbons (Fsp3) is 0.286. The summed E-state index contributed by atoms with van der Waals surface area (Å²) in [5.41, 5.74) is 1.06. The molecule has 3 aromatic rings. The van der Waals surface area contributed by atoms with Crippen LogP contribution in [0.25, 0.3) is 0 Å². The summed E-state index contributed by atoms with van der Waals surface area (Å²) >= 11 is 0. The molecule has 0 unspecified atom stereocenters. The summed E-state index contributed by atoms with van der Waals surface area (Å²) < 4.78 is 48.3. The first-order valence-corrected chi connectivity index (χ1v) is 9.39. The Kier molecular flexibility index (Phi) is 3.96. The van der Waals surface area contributed by atoms with Crippen molar-refractivity contribution in [2.75, 3.05) is 23.4 Å². The van der Waals surface area contributed by atoms with Gasteiger partial charge in [0.25, 0.3) is 5.91 Å². The molecular formula is C21H19FN4O4. The molecule has 3 heterocycles. The molecule has 0 spiro atoms. The summed E-state index contributed by atoms with van der Waals surface area (Å²) in [5, 5.41) is 6.49. The van der Waals surface area contributed by atoms with Crippen molar-refractivity contribution in [3.05, 3.63) is 59.5 Å². The number of rotatable bonds is 4. The third kappa shape index (κ3) is 3.54. The molecule has 2 aliphatic rings. The molecule has 30 heavy (non-hydrogen) atoms. The largest absolute Gasteiger partial charge is 0.489 e. The molecule has 0 radical (unpaired) electrons. The van der Waals surface area contributed by atoms with Crippen LogP contribution in [0, 0.1) is 12.7 Å². The summed E-state index contributed by atoms with van der Waals surface area (Å²) in [6, 6.07) is 8.20. The van der Waals surface area contributed by atoms with E-state index in [1.165, 1.54) is 23.1 Å². The molecular weight excluding hydrogens is 391 g/mol. The summed E-state index contributed by atoms with van der Waals surface area (Å²) in [6.07, 6.45) is 0.224. The van der Waals surface area contributed by atoms with E-state index in [1.54, 1.807) is 25.1 Å². The number of fused-ring (bicyclic) bond motifs is 2. The average molecular weight is 412 g/mol. The van der Waals surface area contributed by atoms with E-state index in [0.29, 0.717) is 28.8 Å². The lowest BCUT2D eigenvalue weighted by atomic mass is 10.1. The number of halogens is 1. The van der Waals surface area contributed by atoms with Crippen LogP contribution in [0.2, 0.25) is 0 Å². The lowest BCUT2D eigenvalue weighted by molar-refractivity contribution is -0.118. The van der Waals surface area contributed by atoms with Gasteiger partial charge in [-0.2, -0.15) is 4.98 Å². The number of hydrogen-bond donors (Lipinski definition) is 1. The van der Waals surface area contributed by atoms with Crippen molar-refractivity contribution >= 4 is 17.3 Å². The zero-order valence-electron chi connectivity index (χ0n) is 18.0. The number of carbonyl (C=O) groups is 1. The van der Waals surface area contributed by atoms with Crippen LogP contribution in [-0.4, -0.2) is 35.3 Å². The fourth-order valence-corrected chi connectivity index (χ4v) is 3.48. The maximum atomic E-state index is 13.8. The number of aryl methyl sites for hydroxylation is 1.